The number of hydrogen-bond acceptors (Lipinski definition) is 4. The Morgan fingerprint density at radius 1 is 1.00 bits per heavy atom. The second-order valence-electron chi connectivity index (χ2n) is 8.64. The van der Waals surface area contributed by atoms with Crippen LogP contribution in [-0.4, -0.2) is 44.3 Å². The van der Waals surface area contributed by atoms with Gasteiger partial charge in [0.15, 0.2) is 0 Å². The minimum absolute atomic E-state index is 0.0143. The molecule has 2 amide bonds. The predicted octanol–water partition coefficient (Wildman–Crippen LogP) is 5.19. The lowest BCUT2D eigenvalue weighted by Gasteiger charge is -2.32. The van der Waals surface area contributed by atoms with Gasteiger partial charge in [-0.1, -0.05) is 53.0 Å². The molecule has 0 heterocycles. The van der Waals surface area contributed by atoms with Crippen LogP contribution in [0.5, 0.6) is 0 Å². The summed E-state index contributed by atoms with van der Waals surface area (Å²) in [5, 5.41) is 2.97. The second-order valence-corrected chi connectivity index (χ2v) is 11.3. The molecule has 0 saturated heterocycles. The number of carbonyl (C=O) groups excluding carboxylic acids is 2. The predicted molar refractivity (Wildman–Crippen MR) is 147 cm³/mol. The van der Waals surface area contributed by atoms with Crippen LogP contribution in [-0.2, 0) is 26.2 Å². The Morgan fingerprint density at radius 2 is 1.63 bits per heavy atom. The van der Waals surface area contributed by atoms with E-state index in [1.807, 2.05) is 6.92 Å². The Balaban J connectivity index is 2.07. The van der Waals surface area contributed by atoms with E-state index in [0.717, 1.165) is 9.87 Å². The van der Waals surface area contributed by atoms with Crippen LogP contribution in [0.3, 0.4) is 0 Å². The van der Waals surface area contributed by atoms with E-state index in [2.05, 4.69) is 5.32 Å². The summed E-state index contributed by atoms with van der Waals surface area (Å²) in [7, 11) is -4.28. The van der Waals surface area contributed by atoms with Crippen LogP contribution < -0.4 is 9.62 Å². The molecule has 0 aromatic heterocycles. The first-order valence-corrected chi connectivity index (χ1v) is 14.0. The SMILES string of the molecule is CCNC(=O)[C@H](C)N(Cc1ccc(F)cc1)C(=O)CN(c1cc(Cl)ccc1Cl)S(=O)(=O)c1ccc(C)cc1. The van der Waals surface area contributed by atoms with Crippen LogP contribution >= 0.6 is 23.2 Å². The maximum Gasteiger partial charge on any atom is 0.264 e. The van der Waals surface area contributed by atoms with Gasteiger partial charge in [-0.3, -0.25) is 13.9 Å². The normalized spacial score (nSPS) is 12.1. The van der Waals surface area contributed by atoms with Crippen molar-refractivity contribution >= 4 is 50.7 Å². The zero-order valence-corrected chi connectivity index (χ0v) is 23.4. The van der Waals surface area contributed by atoms with Crippen molar-refractivity contribution in [3.05, 3.63) is 93.7 Å². The van der Waals surface area contributed by atoms with E-state index in [4.69, 9.17) is 23.2 Å². The standard InChI is InChI=1S/C27H28Cl2FN3O4S/c1-4-31-27(35)19(3)32(16-20-7-10-22(30)11-8-20)26(34)17-33(25-15-21(28)9-14-24(25)29)38(36,37)23-12-5-18(2)6-13-23/h5-15,19H,4,16-17H2,1-3H3,(H,31,35)/t19-/m0/s1. The van der Waals surface area contributed by atoms with Crippen molar-refractivity contribution in [2.24, 2.45) is 0 Å². The molecular formula is C27H28Cl2FN3O4S. The van der Waals surface area contributed by atoms with E-state index < -0.39 is 40.2 Å². The van der Waals surface area contributed by atoms with Crippen molar-refractivity contribution in [3.63, 3.8) is 0 Å². The van der Waals surface area contributed by atoms with Gasteiger partial charge in [0.25, 0.3) is 10.0 Å². The molecule has 202 valence electrons. The molecule has 38 heavy (non-hydrogen) atoms. The summed E-state index contributed by atoms with van der Waals surface area (Å²) in [6.07, 6.45) is 0. The molecule has 0 fully saturated rings. The summed E-state index contributed by atoms with van der Waals surface area (Å²) in [6, 6.07) is 15.0. The molecule has 11 heteroatoms. The average Bonchev–Trinajstić information content (AvgIpc) is 2.88. The average molecular weight is 581 g/mol. The molecule has 7 nitrogen and oxygen atoms in total. The summed E-state index contributed by atoms with van der Waals surface area (Å²) in [5.41, 5.74) is 1.43. The van der Waals surface area contributed by atoms with Gasteiger partial charge in [-0.05, 0) is 68.8 Å². The Hall–Kier alpha value is -3.14. The maximum absolute atomic E-state index is 13.8. The van der Waals surface area contributed by atoms with Crippen LogP contribution in [0, 0.1) is 12.7 Å². The first-order chi connectivity index (χ1) is 17.9. The molecule has 0 spiro atoms. The molecule has 0 bridgehead atoms. The Bertz CT molecular complexity index is 1400. The fraction of sp³-hybridized carbons (Fsp3) is 0.259. The molecule has 3 rings (SSSR count). The first kappa shape index (κ1) is 29.4. The van der Waals surface area contributed by atoms with Crippen molar-refractivity contribution in [2.45, 2.75) is 38.3 Å². The number of anilines is 1. The van der Waals surface area contributed by atoms with Gasteiger partial charge in [0, 0.05) is 18.1 Å². The Kier molecular flexibility index (Phi) is 9.76. The van der Waals surface area contributed by atoms with Crippen LogP contribution in [0.25, 0.3) is 0 Å². The van der Waals surface area contributed by atoms with E-state index in [9.17, 15) is 22.4 Å². The molecule has 3 aromatic carbocycles. The van der Waals surface area contributed by atoms with Gasteiger partial charge in [-0.25, -0.2) is 12.8 Å². The van der Waals surface area contributed by atoms with Crippen molar-refractivity contribution in [3.8, 4) is 0 Å². The lowest BCUT2D eigenvalue weighted by atomic mass is 10.1. The molecular weight excluding hydrogens is 552 g/mol. The molecule has 0 aliphatic rings. The number of hydrogen-bond donors (Lipinski definition) is 1. The van der Waals surface area contributed by atoms with E-state index in [0.29, 0.717) is 12.1 Å². The number of aryl methyl sites for hydroxylation is 1. The number of nitrogens with one attached hydrogen (secondary N) is 1. The van der Waals surface area contributed by atoms with Gasteiger partial charge in [0.1, 0.15) is 18.4 Å². The van der Waals surface area contributed by atoms with Crippen molar-refractivity contribution in [1.82, 2.24) is 10.2 Å². The van der Waals surface area contributed by atoms with Crippen LogP contribution in [0.1, 0.15) is 25.0 Å². The molecule has 0 aliphatic heterocycles. The molecule has 0 radical (unpaired) electrons. The topological polar surface area (TPSA) is 86.8 Å². The zero-order valence-electron chi connectivity index (χ0n) is 21.1. The van der Waals surface area contributed by atoms with Crippen LogP contribution in [0.2, 0.25) is 10.0 Å². The molecule has 1 atom stereocenters. The summed E-state index contributed by atoms with van der Waals surface area (Å²) in [4.78, 5) is 27.7. The number of benzene rings is 3. The highest BCUT2D eigenvalue weighted by atomic mass is 35.5. The number of nitrogens with zero attached hydrogens (tertiary/aromatic N) is 2. The molecule has 0 unspecified atom stereocenters. The van der Waals surface area contributed by atoms with Gasteiger partial charge in [-0.15, -0.1) is 0 Å². The molecule has 0 aliphatic carbocycles. The Morgan fingerprint density at radius 3 is 2.24 bits per heavy atom. The number of likely N-dealkylation sites (N-methyl/N-ethyl adjacent to an activating group) is 1. The second kappa shape index (κ2) is 12.6. The minimum Gasteiger partial charge on any atom is -0.355 e. The zero-order chi connectivity index (χ0) is 28.0. The van der Waals surface area contributed by atoms with Gasteiger partial charge in [-0.2, -0.15) is 0 Å². The third kappa shape index (κ3) is 7.03. The van der Waals surface area contributed by atoms with Gasteiger partial charge in [0.2, 0.25) is 11.8 Å². The molecule has 0 saturated carbocycles. The highest BCUT2D eigenvalue weighted by molar-refractivity contribution is 7.92. The number of carbonyl (C=O) groups is 2. The first-order valence-electron chi connectivity index (χ1n) is 11.8. The lowest BCUT2D eigenvalue weighted by molar-refractivity contribution is -0.139. The third-order valence-corrected chi connectivity index (χ3v) is 8.18. The van der Waals surface area contributed by atoms with Gasteiger partial charge < -0.3 is 10.2 Å². The lowest BCUT2D eigenvalue weighted by Crippen LogP contribution is -2.51. The largest absolute Gasteiger partial charge is 0.355 e. The van der Waals surface area contributed by atoms with Crippen molar-refractivity contribution in [1.29, 1.82) is 0 Å². The van der Waals surface area contributed by atoms with E-state index in [-0.39, 0.29) is 27.2 Å². The minimum atomic E-state index is -4.28. The van der Waals surface area contributed by atoms with Crippen LogP contribution in [0.15, 0.2) is 71.6 Å². The third-order valence-electron chi connectivity index (χ3n) is 5.85. The van der Waals surface area contributed by atoms with Gasteiger partial charge >= 0.3 is 0 Å². The summed E-state index contributed by atoms with van der Waals surface area (Å²) in [5.74, 6) is -1.54. The number of halogens is 3. The van der Waals surface area contributed by atoms with E-state index >= 15 is 0 Å². The fourth-order valence-electron chi connectivity index (χ4n) is 3.72. The van der Waals surface area contributed by atoms with Crippen LogP contribution in [0.4, 0.5) is 10.1 Å². The highest BCUT2D eigenvalue weighted by Gasteiger charge is 2.33. The molecule has 1 N–H and O–H groups in total. The Labute approximate surface area is 232 Å². The number of amides is 2. The van der Waals surface area contributed by atoms with Crippen molar-refractivity contribution in [2.75, 3.05) is 17.4 Å². The number of rotatable bonds is 10. The summed E-state index contributed by atoms with van der Waals surface area (Å²) >= 11 is 12.5. The maximum atomic E-state index is 13.8. The van der Waals surface area contributed by atoms with Crippen molar-refractivity contribution < 1.29 is 22.4 Å². The summed E-state index contributed by atoms with van der Waals surface area (Å²) < 4.78 is 42.0. The quantitative estimate of drug-likeness (QED) is 0.358. The fourth-order valence-corrected chi connectivity index (χ4v) is 5.58. The summed E-state index contributed by atoms with van der Waals surface area (Å²) in [6.45, 7) is 4.72. The van der Waals surface area contributed by atoms with E-state index in [1.54, 1.807) is 19.1 Å². The molecule has 3 aromatic rings. The monoisotopic (exact) mass is 579 g/mol. The highest BCUT2D eigenvalue weighted by Crippen LogP contribution is 2.33. The van der Waals surface area contributed by atoms with Gasteiger partial charge in [0.05, 0.1) is 15.6 Å². The number of sulfonamides is 1. The smallest absolute Gasteiger partial charge is 0.264 e. The van der Waals surface area contributed by atoms with E-state index in [1.165, 1.54) is 66.4 Å².